The van der Waals surface area contributed by atoms with Gasteiger partial charge in [-0.05, 0) is 42.7 Å². The SMILES string of the molecule is O=C1C(=O)N(C2CCOCC2)C(c2ccc(C(F)(F)F)cn2)C1=C(O)c1ncccc1OCc1ccccc1. The van der Waals surface area contributed by atoms with Crippen molar-refractivity contribution < 1.29 is 37.3 Å². The van der Waals surface area contributed by atoms with Crippen LogP contribution in [0.2, 0.25) is 0 Å². The Kier molecular flexibility index (Phi) is 7.34. The second-order valence-corrected chi connectivity index (χ2v) is 9.14. The lowest BCUT2D eigenvalue weighted by Crippen LogP contribution is -2.42. The number of Topliss-reactive ketones (excluding diaryl/α,β-unsaturated/α-hetero) is 1. The molecule has 3 aromatic rings. The van der Waals surface area contributed by atoms with Crippen LogP contribution in [0.3, 0.4) is 0 Å². The molecular formula is C28H24F3N3O5. The molecule has 0 bridgehead atoms. The van der Waals surface area contributed by atoms with Crippen LogP contribution in [-0.4, -0.2) is 50.9 Å². The number of ketones is 1. The number of aliphatic hydroxyl groups excluding tert-OH is 1. The minimum atomic E-state index is -4.62. The van der Waals surface area contributed by atoms with Gasteiger partial charge in [0.05, 0.1) is 16.8 Å². The zero-order valence-corrected chi connectivity index (χ0v) is 20.6. The molecule has 1 N–H and O–H groups in total. The first kappa shape index (κ1) is 26.4. The van der Waals surface area contributed by atoms with Gasteiger partial charge in [0.1, 0.15) is 24.1 Å². The van der Waals surface area contributed by atoms with Gasteiger partial charge >= 0.3 is 6.18 Å². The molecule has 39 heavy (non-hydrogen) atoms. The van der Waals surface area contributed by atoms with Gasteiger partial charge < -0.3 is 19.5 Å². The van der Waals surface area contributed by atoms with E-state index in [0.717, 1.165) is 17.7 Å². The molecule has 8 nitrogen and oxygen atoms in total. The molecule has 2 saturated heterocycles. The van der Waals surface area contributed by atoms with Gasteiger partial charge in [0, 0.05) is 31.6 Å². The summed E-state index contributed by atoms with van der Waals surface area (Å²) in [6.45, 7) is 0.837. The van der Waals surface area contributed by atoms with E-state index in [1.165, 1.54) is 11.1 Å². The molecule has 0 saturated carbocycles. The van der Waals surface area contributed by atoms with Crippen molar-refractivity contribution >= 4 is 17.4 Å². The lowest BCUT2D eigenvalue weighted by atomic mass is 9.97. The standard InChI is InChI=1S/C28H24F3N3O5/c29-28(30,31)18-8-9-20(33-15-18)24-22(26(36)27(37)34(24)19-10-13-38-14-11-19)25(35)23-21(7-4-12-32-23)39-16-17-5-2-1-3-6-17/h1-9,12,15,19,24,35H,10-11,13-14,16H2. The largest absolute Gasteiger partial charge is 0.505 e. The molecule has 11 heteroatoms. The van der Waals surface area contributed by atoms with Crippen molar-refractivity contribution in [3.63, 3.8) is 0 Å². The van der Waals surface area contributed by atoms with E-state index in [2.05, 4.69) is 9.97 Å². The second kappa shape index (κ2) is 10.9. The zero-order valence-electron chi connectivity index (χ0n) is 20.6. The molecule has 0 spiro atoms. The van der Waals surface area contributed by atoms with Crippen LogP contribution in [0.4, 0.5) is 13.2 Å². The average molecular weight is 540 g/mol. The highest BCUT2D eigenvalue weighted by atomic mass is 19.4. The first-order valence-corrected chi connectivity index (χ1v) is 12.3. The van der Waals surface area contributed by atoms with Gasteiger partial charge in [-0.1, -0.05) is 30.3 Å². The molecule has 0 radical (unpaired) electrons. The summed E-state index contributed by atoms with van der Waals surface area (Å²) in [6, 6.07) is 12.7. The molecule has 1 aromatic carbocycles. The monoisotopic (exact) mass is 539 g/mol. The third-order valence-electron chi connectivity index (χ3n) is 6.69. The third kappa shape index (κ3) is 5.35. The van der Waals surface area contributed by atoms with Crippen molar-refractivity contribution in [2.45, 2.75) is 37.7 Å². The minimum Gasteiger partial charge on any atom is -0.505 e. The predicted octanol–water partition coefficient (Wildman–Crippen LogP) is 4.68. The zero-order chi connectivity index (χ0) is 27.6. The molecule has 1 atom stereocenters. The van der Waals surface area contributed by atoms with Crippen LogP contribution in [0.15, 0.2) is 72.6 Å². The van der Waals surface area contributed by atoms with Crippen LogP contribution in [0, 0.1) is 0 Å². The fourth-order valence-electron chi connectivity index (χ4n) is 4.76. The van der Waals surface area contributed by atoms with Gasteiger partial charge in [0.15, 0.2) is 5.76 Å². The van der Waals surface area contributed by atoms with Crippen molar-refractivity contribution in [2.24, 2.45) is 0 Å². The van der Waals surface area contributed by atoms with E-state index >= 15 is 0 Å². The number of likely N-dealkylation sites (tertiary alicyclic amines) is 1. The quantitative estimate of drug-likeness (QED) is 0.276. The number of pyridine rings is 2. The Morgan fingerprint density at radius 1 is 1.03 bits per heavy atom. The molecule has 0 aliphatic carbocycles. The number of alkyl halides is 3. The maximum atomic E-state index is 13.4. The summed E-state index contributed by atoms with van der Waals surface area (Å²) in [4.78, 5) is 36.1. The fourth-order valence-corrected chi connectivity index (χ4v) is 4.76. The lowest BCUT2D eigenvalue weighted by Gasteiger charge is -2.35. The number of hydrogen-bond acceptors (Lipinski definition) is 7. The number of benzene rings is 1. The number of amides is 1. The predicted molar refractivity (Wildman–Crippen MR) is 132 cm³/mol. The molecule has 2 aliphatic rings. The van der Waals surface area contributed by atoms with Gasteiger partial charge in [-0.25, -0.2) is 4.98 Å². The summed E-state index contributed by atoms with van der Waals surface area (Å²) in [5.41, 5.74) is -0.505. The summed E-state index contributed by atoms with van der Waals surface area (Å²) in [5, 5.41) is 11.4. The van der Waals surface area contributed by atoms with E-state index in [-0.39, 0.29) is 29.3 Å². The van der Waals surface area contributed by atoms with Crippen LogP contribution in [0.5, 0.6) is 5.75 Å². The average Bonchev–Trinajstić information content (AvgIpc) is 3.22. The number of aromatic nitrogens is 2. The van der Waals surface area contributed by atoms with Crippen molar-refractivity contribution in [3.05, 3.63) is 95.1 Å². The first-order valence-electron chi connectivity index (χ1n) is 12.3. The Balaban J connectivity index is 1.59. The smallest absolute Gasteiger partial charge is 0.417 e. The van der Waals surface area contributed by atoms with Gasteiger partial charge in [-0.3, -0.25) is 14.6 Å². The summed E-state index contributed by atoms with van der Waals surface area (Å²) in [5.74, 6) is -2.29. The van der Waals surface area contributed by atoms with E-state index in [0.29, 0.717) is 32.3 Å². The van der Waals surface area contributed by atoms with E-state index in [1.807, 2.05) is 30.3 Å². The molecule has 2 aromatic heterocycles. The number of nitrogens with zero attached hydrogens (tertiary/aromatic N) is 3. The van der Waals surface area contributed by atoms with E-state index in [9.17, 15) is 27.9 Å². The Bertz CT molecular complexity index is 1390. The fraction of sp³-hybridized carbons (Fsp3) is 0.286. The van der Waals surface area contributed by atoms with Crippen molar-refractivity contribution in [3.8, 4) is 5.75 Å². The van der Waals surface area contributed by atoms with Crippen LogP contribution in [-0.2, 0) is 27.1 Å². The number of ether oxygens (including phenoxy) is 2. The topological polar surface area (TPSA) is 102 Å². The molecule has 5 rings (SSSR count). The number of rotatable bonds is 6. The number of aliphatic hydroxyl groups is 1. The number of carbonyl (C=O) groups excluding carboxylic acids is 2. The highest BCUT2D eigenvalue weighted by molar-refractivity contribution is 6.46. The van der Waals surface area contributed by atoms with Gasteiger partial charge in [-0.15, -0.1) is 0 Å². The van der Waals surface area contributed by atoms with Gasteiger partial charge in [0.25, 0.3) is 11.7 Å². The summed E-state index contributed by atoms with van der Waals surface area (Å²) >= 11 is 0. The van der Waals surface area contributed by atoms with Crippen molar-refractivity contribution in [2.75, 3.05) is 13.2 Å². The summed E-state index contributed by atoms with van der Waals surface area (Å²) in [6.07, 6.45) is -1.75. The molecule has 4 heterocycles. The molecule has 2 aliphatic heterocycles. The van der Waals surface area contributed by atoms with Gasteiger partial charge in [0.2, 0.25) is 0 Å². The maximum Gasteiger partial charge on any atom is 0.417 e. The third-order valence-corrected chi connectivity index (χ3v) is 6.69. The number of halogens is 3. The van der Waals surface area contributed by atoms with Crippen LogP contribution in [0.1, 0.15) is 41.4 Å². The Hall–Kier alpha value is -4.25. The Morgan fingerprint density at radius 3 is 2.44 bits per heavy atom. The lowest BCUT2D eigenvalue weighted by molar-refractivity contribution is -0.142. The Morgan fingerprint density at radius 2 is 1.77 bits per heavy atom. The van der Waals surface area contributed by atoms with E-state index in [4.69, 9.17) is 9.47 Å². The van der Waals surface area contributed by atoms with Crippen LogP contribution in [0.25, 0.3) is 5.76 Å². The van der Waals surface area contributed by atoms with Crippen molar-refractivity contribution in [1.29, 1.82) is 0 Å². The highest BCUT2D eigenvalue weighted by Gasteiger charge is 2.50. The summed E-state index contributed by atoms with van der Waals surface area (Å²) in [7, 11) is 0. The number of hydrogen-bond donors (Lipinski definition) is 1. The molecule has 1 amide bonds. The highest BCUT2D eigenvalue weighted by Crippen LogP contribution is 2.42. The molecular weight excluding hydrogens is 515 g/mol. The maximum absolute atomic E-state index is 13.4. The van der Waals surface area contributed by atoms with Crippen molar-refractivity contribution in [1.82, 2.24) is 14.9 Å². The van der Waals surface area contributed by atoms with Crippen LogP contribution < -0.4 is 4.74 Å². The number of carbonyl (C=O) groups is 2. The minimum absolute atomic E-state index is 0.0120. The first-order chi connectivity index (χ1) is 18.8. The summed E-state index contributed by atoms with van der Waals surface area (Å²) < 4.78 is 50.9. The molecule has 2 fully saturated rings. The van der Waals surface area contributed by atoms with E-state index < -0.39 is 41.3 Å². The Labute approximate surface area is 221 Å². The normalized spacial score (nSPS) is 19.9. The molecule has 202 valence electrons. The molecule has 1 unspecified atom stereocenters. The second-order valence-electron chi connectivity index (χ2n) is 9.14. The van der Waals surface area contributed by atoms with Crippen LogP contribution >= 0.6 is 0 Å². The van der Waals surface area contributed by atoms with E-state index in [1.54, 1.807) is 12.1 Å². The van der Waals surface area contributed by atoms with Gasteiger partial charge in [-0.2, -0.15) is 13.2 Å².